The molecule has 15 heavy (non-hydrogen) atoms. The van der Waals surface area contributed by atoms with E-state index in [1.165, 1.54) is 12.1 Å². The van der Waals surface area contributed by atoms with E-state index in [-0.39, 0.29) is 4.90 Å². The minimum Gasteiger partial charge on any atom is -0.368 e. The SMILES string of the molecule is NS(=O)(=O)c1cccc(C2=NCCN2)c1. The molecule has 3 N–H and O–H groups in total. The molecule has 0 atom stereocenters. The molecule has 0 fully saturated rings. The average Bonchev–Trinajstić information content (AvgIpc) is 2.69. The van der Waals surface area contributed by atoms with Gasteiger partial charge in [0.2, 0.25) is 10.0 Å². The Morgan fingerprint density at radius 2 is 2.20 bits per heavy atom. The van der Waals surface area contributed by atoms with Gasteiger partial charge in [-0.15, -0.1) is 0 Å². The molecule has 0 saturated heterocycles. The van der Waals surface area contributed by atoms with E-state index >= 15 is 0 Å². The molecule has 0 bridgehead atoms. The van der Waals surface area contributed by atoms with Crippen LogP contribution in [0.2, 0.25) is 0 Å². The lowest BCUT2D eigenvalue weighted by Gasteiger charge is -2.04. The van der Waals surface area contributed by atoms with Gasteiger partial charge in [-0.25, -0.2) is 13.6 Å². The Balaban J connectivity index is 2.43. The highest BCUT2D eigenvalue weighted by molar-refractivity contribution is 7.89. The molecule has 0 aromatic heterocycles. The second kappa shape index (κ2) is 3.63. The van der Waals surface area contributed by atoms with E-state index in [2.05, 4.69) is 10.3 Å². The number of nitrogens with zero attached hydrogens (tertiary/aromatic N) is 1. The van der Waals surface area contributed by atoms with Gasteiger partial charge >= 0.3 is 0 Å². The number of primary sulfonamides is 1. The molecule has 0 radical (unpaired) electrons. The Kier molecular flexibility index (Phi) is 2.45. The minimum atomic E-state index is -3.64. The molecule has 1 aromatic rings. The number of rotatable bonds is 2. The van der Waals surface area contributed by atoms with Crippen LogP contribution in [0.3, 0.4) is 0 Å². The lowest BCUT2D eigenvalue weighted by Crippen LogP contribution is -2.20. The van der Waals surface area contributed by atoms with Crippen LogP contribution in [-0.2, 0) is 10.0 Å². The number of hydrogen-bond acceptors (Lipinski definition) is 4. The first-order valence-corrected chi connectivity index (χ1v) is 6.03. The Hall–Kier alpha value is -1.40. The highest BCUT2D eigenvalue weighted by Gasteiger charge is 2.12. The maximum atomic E-state index is 11.1. The fourth-order valence-corrected chi connectivity index (χ4v) is 1.97. The van der Waals surface area contributed by atoms with Gasteiger partial charge in [0, 0.05) is 12.1 Å². The van der Waals surface area contributed by atoms with E-state index < -0.39 is 10.0 Å². The van der Waals surface area contributed by atoms with Crippen molar-refractivity contribution in [2.75, 3.05) is 13.1 Å². The van der Waals surface area contributed by atoms with Crippen LogP contribution in [0.4, 0.5) is 0 Å². The van der Waals surface area contributed by atoms with Gasteiger partial charge in [-0.1, -0.05) is 12.1 Å². The normalized spacial score (nSPS) is 15.9. The Morgan fingerprint density at radius 3 is 2.80 bits per heavy atom. The maximum Gasteiger partial charge on any atom is 0.238 e. The van der Waals surface area contributed by atoms with Crippen molar-refractivity contribution in [3.8, 4) is 0 Å². The van der Waals surface area contributed by atoms with Crippen LogP contribution in [0.15, 0.2) is 34.2 Å². The minimum absolute atomic E-state index is 0.108. The van der Waals surface area contributed by atoms with Gasteiger partial charge in [0.25, 0.3) is 0 Å². The standard InChI is InChI=1S/C9H11N3O2S/c10-15(13,14)8-3-1-2-7(6-8)9-11-4-5-12-9/h1-3,6H,4-5H2,(H,11,12)(H2,10,13,14). The zero-order valence-corrected chi connectivity index (χ0v) is 8.79. The number of benzene rings is 1. The van der Waals surface area contributed by atoms with Crippen LogP contribution in [-0.4, -0.2) is 27.3 Å². The molecular weight excluding hydrogens is 214 g/mol. The van der Waals surface area contributed by atoms with E-state index in [0.717, 1.165) is 24.5 Å². The molecular formula is C9H11N3O2S. The fraction of sp³-hybridized carbons (Fsp3) is 0.222. The number of hydrogen-bond donors (Lipinski definition) is 2. The lowest BCUT2D eigenvalue weighted by atomic mass is 10.2. The molecule has 6 heteroatoms. The topological polar surface area (TPSA) is 84.6 Å². The van der Waals surface area contributed by atoms with Crippen LogP contribution in [0.1, 0.15) is 5.56 Å². The summed E-state index contributed by atoms with van der Waals surface area (Å²) in [5.41, 5.74) is 0.749. The summed E-state index contributed by atoms with van der Waals surface area (Å²) < 4.78 is 22.2. The monoisotopic (exact) mass is 225 g/mol. The highest BCUT2D eigenvalue weighted by atomic mass is 32.2. The van der Waals surface area contributed by atoms with E-state index in [9.17, 15) is 8.42 Å². The predicted molar refractivity (Wildman–Crippen MR) is 57.2 cm³/mol. The summed E-state index contributed by atoms with van der Waals surface area (Å²) in [5.74, 6) is 0.723. The van der Waals surface area contributed by atoms with Gasteiger partial charge in [0.05, 0.1) is 11.4 Å². The fourth-order valence-electron chi connectivity index (χ4n) is 1.41. The van der Waals surface area contributed by atoms with E-state index in [4.69, 9.17) is 5.14 Å². The average molecular weight is 225 g/mol. The van der Waals surface area contributed by atoms with Gasteiger partial charge in [-0.05, 0) is 12.1 Å². The summed E-state index contributed by atoms with van der Waals surface area (Å²) in [5, 5.41) is 8.10. The van der Waals surface area contributed by atoms with Crippen molar-refractivity contribution in [2.45, 2.75) is 4.90 Å². The lowest BCUT2D eigenvalue weighted by molar-refractivity contribution is 0.598. The van der Waals surface area contributed by atoms with Crippen molar-refractivity contribution >= 4 is 15.9 Å². The third-order valence-corrected chi connectivity index (χ3v) is 3.02. The molecule has 0 spiro atoms. The summed E-state index contributed by atoms with van der Waals surface area (Å²) in [7, 11) is -3.64. The van der Waals surface area contributed by atoms with Crippen molar-refractivity contribution in [3.05, 3.63) is 29.8 Å². The molecule has 5 nitrogen and oxygen atoms in total. The Labute approximate surface area is 88.1 Å². The molecule has 1 aliphatic heterocycles. The summed E-state index contributed by atoms with van der Waals surface area (Å²) in [4.78, 5) is 4.31. The van der Waals surface area contributed by atoms with Crippen LogP contribution in [0.5, 0.6) is 0 Å². The van der Waals surface area contributed by atoms with Crippen molar-refractivity contribution in [2.24, 2.45) is 10.1 Å². The second-order valence-corrected chi connectivity index (χ2v) is 4.79. The molecule has 0 saturated carbocycles. The van der Waals surface area contributed by atoms with E-state index in [1.807, 2.05) is 0 Å². The first kappa shape index (κ1) is 10.1. The van der Waals surface area contributed by atoms with Gasteiger partial charge in [-0.2, -0.15) is 0 Å². The van der Waals surface area contributed by atoms with Crippen molar-refractivity contribution in [1.82, 2.24) is 5.32 Å². The van der Waals surface area contributed by atoms with Crippen LogP contribution in [0.25, 0.3) is 0 Å². The summed E-state index contributed by atoms with van der Waals surface area (Å²) in [6.45, 7) is 1.50. The molecule has 0 amide bonds. The second-order valence-electron chi connectivity index (χ2n) is 3.23. The van der Waals surface area contributed by atoms with Gasteiger partial charge in [-0.3, -0.25) is 4.99 Å². The summed E-state index contributed by atoms with van der Waals surface area (Å²) >= 11 is 0. The zero-order valence-electron chi connectivity index (χ0n) is 7.97. The Bertz CT molecular complexity index is 508. The molecule has 1 heterocycles. The maximum absolute atomic E-state index is 11.1. The largest absolute Gasteiger partial charge is 0.368 e. The van der Waals surface area contributed by atoms with Crippen LogP contribution in [0, 0.1) is 0 Å². The highest BCUT2D eigenvalue weighted by Crippen LogP contribution is 2.11. The van der Waals surface area contributed by atoms with E-state index in [1.54, 1.807) is 12.1 Å². The number of sulfonamides is 1. The summed E-state index contributed by atoms with van der Waals surface area (Å²) in [6.07, 6.45) is 0. The number of nitrogens with one attached hydrogen (secondary N) is 1. The number of amidine groups is 1. The third kappa shape index (κ3) is 2.16. The smallest absolute Gasteiger partial charge is 0.238 e. The first-order chi connectivity index (χ1) is 7.07. The first-order valence-electron chi connectivity index (χ1n) is 4.49. The van der Waals surface area contributed by atoms with Crippen molar-refractivity contribution in [1.29, 1.82) is 0 Å². The molecule has 2 rings (SSSR count). The predicted octanol–water partition coefficient (Wildman–Crippen LogP) is -0.316. The third-order valence-electron chi connectivity index (χ3n) is 2.11. The number of aliphatic imine (C=N–C) groups is 1. The van der Waals surface area contributed by atoms with Crippen molar-refractivity contribution < 1.29 is 8.42 Å². The van der Waals surface area contributed by atoms with Gasteiger partial charge in [0.15, 0.2) is 0 Å². The van der Waals surface area contributed by atoms with Gasteiger partial charge < -0.3 is 5.32 Å². The Morgan fingerprint density at radius 1 is 1.40 bits per heavy atom. The molecule has 0 aliphatic carbocycles. The number of nitrogens with two attached hydrogens (primary N) is 1. The molecule has 0 unspecified atom stereocenters. The zero-order chi connectivity index (χ0) is 10.9. The van der Waals surface area contributed by atoms with Crippen molar-refractivity contribution in [3.63, 3.8) is 0 Å². The molecule has 80 valence electrons. The van der Waals surface area contributed by atoms with E-state index in [0.29, 0.717) is 0 Å². The molecule has 1 aromatic carbocycles. The summed E-state index contributed by atoms with van der Waals surface area (Å²) in [6, 6.07) is 6.43. The quantitative estimate of drug-likeness (QED) is 0.723. The van der Waals surface area contributed by atoms with Gasteiger partial charge in [0.1, 0.15) is 5.84 Å². The van der Waals surface area contributed by atoms with Crippen LogP contribution < -0.4 is 10.5 Å². The van der Waals surface area contributed by atoms with Crippen LogP contribution >= 0.6 is 0 Å². The molecule has 1 aliphatic rings.